The van der Waals surface area contributed by atoms with E-state index < -0.39 is 11.9 Å². The molecule has 24 heavy (non-hydrogen) atoms. The van der Waals surface area contributed by atoms with Crippen LogP contribution in [0, 0.1) is 0 Å². The van der Waals surface area contributed by atoms with Crippen LogP contribution in [0.25, 0.3) is 11.1 Å². The van der Waals surface area contributed by atoms with Crippen molar-refractivity contribution in [3.63, 3.8) is 0 Å². The van der Waals surface area contributed by atoms with Gasteiger partial charge in [0.1, 0.15) is 0 Å². The number of hydrogen-bond acceptors (Lipinski definition) is 3. The summed E-state index contributed by atoms with van der Waals surface area (Å²) in [6, 6.07) is 18.0. The number of primary amides is 1. The molecule has 0 spiro atoms. The normalized spacial score (nSPS) is 18.2. The Labute approximate surface area is 141 Å². The van der Waals surface area contributed by atoms with E-state index in [9.17, 15) is 9.59 Å². The van der Waals surface area contributed by atoms with Gasteiger partial charge in [0.2, 0.25) is 11.8 Å². The summed E-state index contributed by atoms with van der Waals surface area (Å²) in [4.78, 5) is 25.3. The van der Waals surface area contributed by atoms with Gasteiger partial charge in [-0.2, -0.15) is 0 Å². The summed E-state index contributed by atoms with van der Waals surface area (Å²) >= 11 is 0. The highest BCUT2D eigenvalue weighted by atomic mass is 16.2. The Morgan fingerprint density at radius 3 is 2.42 bits per heavy atom. The van der Waals surface area contributed by atoms with Crippen molar-refractivity contribution in [3.8, 4) is 11.1 Å². The van der Waals surface area contributed by atoms with Crippen LogP contribution in [0.3, 0.4) is 0 Å². The first-order valence-electron chi connectivity index (χ1n) is 8.08. The van der Waals surface area contributed by atoms with Crippen molar-refractivity contribution in [2.75, 3.05) is 13.1 Å². The topological polar surface area (TPSA) is 75.4 Å². The van der Waals surface area contributed by atoms with E-state index >= 15 is 0 Å². The van der Waals surface area contributed by atoms with Gasteiger partial charge in [-0.3, -0.25) is 14.5 Å². The summed E-state index contributed by atoms with van der Waals surface area (Å²) in [6.45, 7) is 1.93. The average molecular weight is 323 g/mol. The molecular formula is C19H21N3O2. The van der Waals surface area contributed by atoms with E-state index in [0.29, 0.717) is 19.6 Å². The second-order valence-electron chi connectivity index (χ2n) is 6.01. The summed E-state index contributed by atoms with van der Waals surface area (Å²) in [5.41, 5.74) is 8.72. The van der Waals surface area contributed by atoms with Gasteiger partial charge in [0.05, 0.1) is 12.5 Å². The van der Waals surface area contributed by atoms with Crippen LogP contribution < -0.4 is 11.1 Å². The highest BCUT2D eigenvalue weighted by Gasteiger charge is 2.30. The molecule has 5 nitrogen and oxygen atoms in total. The number of benzene rings is 2. The fraction of sp³-hybridized carbons (Fsp3) is 0.263. The van der Waals surface area contributed by atoms with Crippen LogP contribution in [-0.4, -0.2) is 35.8 Å². The lowest BCUT2D eigenvalue weighted by Crippen LogP contribution is -2.55. The molecule has 5 heteroatoms. The van der Waals surface area contributed by atoms with Gasteiger partial charge in [0, 0.05) is 19.6 Å². The molecule has 3 N–H and O–H groups in total. The minimum absolute atomic E-state index is 0.0495. The second-order valence-corrected chi connectivity index (χ2v) is 6.01. The molecule has 0 radical (unpaired) electrons. The van der Waals surface area contributed by atoms with E-state index in [1.807, 2.05) is 23.1 Å². The Bertz CT molecular complexity index is 713. The molecule has 0 unspecified atom stereocenters. The Balaban J connectivity index is 1.72. The minimum Gasteiger partial charge on any atom is -0.370 e. The number of nitrogens with one attached hydrogen (secondary N) is 1. The number of nitrogens with two attached hydrogens (primary N) is 1. The molecule has 2 aromatic rings. The largest absolute Gasteiger partial charge is 0.370 e. The van der Waals surface area contributed by atoms with E-state index in [1.54, 1.807) is 0 Å². The maximum absolute atomic E-state index is 12.0. The number of rotatable bonds is 5. The fourth-order valence-electron chi connectivity index (χ4n) is 3.03. The SMILES string of the molecule is NC(=O)C[C@@H]1C(=O)NCCN1Cc1ccc(-c2ccccc2)cc1. The fourth-order valence-corrected chi connectivity index (χ4v) is 3.03. The molecule has 1 fully saturated rings. The number of hydrogen-bond donors (Lipinski definition) is 2. The third-order valence-corrected chi connectivity index (χ3v) is 4.28. The van der Waals surface area contributed by atoms with E-state index in [0.717, 1.165) is 11.1 Å². The molecule has 2 aromatic carbocycles. The summed E-state index contributed by atoms with van der Waals surface area (Å²) < 4.78 is 0. The standard InChI is InChI=1S/C19H21N3O2/c20-18(23)12-17-19(24)21-10-11-22(17)13-14-6-8-16(9-7-14)15-4-2-1-3-5-15/h1-9,17H,10-13H2,(H2,20,23)(H,21,24)/t17-/m1/s1. The number of piperazine rings is 1. The molecule has 0 bridgehead atoms. The minimum atomic E-state index is -0.481. The highest BCUT2D eigenvalue weighted by molar-refractivity contribution is 5.88. The predicted molar refractivity (Wildman–Crippen MR) is 92.9 cm³/mol. The van der Waals surface area contributed by atoms with E-state index in [-0.39, 0.29) is 12.3 Å². The summed E-state index contributed by atoms with van der Waals surface area (Å²) in [7, 11) is 0. The van der Waals surface area contributed by atoms with Crippen molar-refractivity contribution in [2.45, 2.75) is 19.0 Å². The van der Waals surface area contributed by atoms with Crippen molar-refractivity contribution in [1.29, 1.82) is 0 Å². The van der Waals surface area contributed by atoms with Gasteiger partial charge in [0.15, 0.2) is 0 Å². The summed E-state index contributed by atoms with van der Waals surface area (Å²) in [5, 5.41) is 2.80. The maximum Gasteiger partial charge on any atom is 0.237 e. The molecule has 2 amide bonds. The molecule has 1 aliphatic heterocycles. The van der Waals surface area contributed by atoms with Crippen LogP contribution in [0.15, 0.2) is 54.6 Å². The van der Waals surface area contributed by atoms with Gasteiger partial charge < -0.3 is 11.1 Å². The van der Waals surface area contributed by atoms with E-state index in [4.69, 9.17) is 5.73 Å². The molecule has 1 atom stereocenters. The van der Waals surface area contributed by atoms with E-state index in [1.165, 1.54) is 5.56 Å². The average Bonchev–Trinajstić information content (AvgIpc) is 2.59. The highest BCUT2D eigenvalue weighted by Crippen LogP contribution is 2.21. The molecule has 1 saturated heterocycles. The molecule has 124 valence electrons. The quantitative estimate of drug-likeness (QED) is 0.876. The first-order chi connectivity index (χ1) is 11.6. The van der Waals surface area contributed by atoms with Crippen LogP contribution in [0.5, 0.6) is 0 Å². The van der Waals surface area contributed by atoms with Crippen molar-refractivity contribution in [3.05, 3.63) is 60.2 Å². The lowest BCUT2D eigenvalue weighted by Gasteiger charge is -2.34. The third kappa shape index (κ3) is 3.81. The molecule has 1 heterocycles. The van der Waals surface area contributed by atoms with Crippen molar-refractivity contribution in [1.82, 2.24) is 10.2 Å². The second kappa shape index (κ2) is 7.27. The van der Waals surface area contributed by atoms with E-state index in [2.05, 4.69) is 41.7 Å². The lowest BCUT2D eigenvalue weighted by molar-refractivity contribution is -0.133. The first-order valence-corrected chi connectivity index (χ1v) is 8.08. The van der Waals surface area contributed by atoms with Crippen molar-refractivity contribution < 1.29 is 9.59 Å². The molecule has 3 rings (SSSR count). The Hall–Kier alpha value is -2.66. The monoisotopic (exact) mass is 323 g/mol. The smallest absolute Gasteiger partial charge is 0.237 e. The zero-order valence-electron chi connectivity index (χ0n) is 13.4. The van der Waals surface area contributed by atoms with Crippen LogP contribution in [0.2, 0.25) is 0 Å². The molecule has 1 aliphatic rings. The van der Waals surface area contributed by atoms with Crippen LogP contribution in [0.1, 0.15) is 12.0 Å². The third-order valence-electron chi connectivity index (χ3n) is 4.28. The Morgan fingerprint density at radius 2 is 1.75 bits per heavy atom. The van der Waals surface area contributed by atoms with Gasteiger partial charge in [-0.25, -0.2) is 0 Å². The summed E-state index contributed by atoms with van der Waals surface area (Å²) in [5.74, 6) is -0.581. The van der Waals surface area contributed by atoms with Crippen LogP contribution >= 0.6 is 0 Å². The van der Waals surface area contributed by atoms with Gasteiger partial charge in [0.25, 0.3) is 0 Å². The Kier molecular flexibility index (Phi) is 4.91. The lowest BCUT2D eigenvalue weighted by atomic mass is 10.0. The number of carbonyl (C=O) groups is 2. The molecule has 0 saturated carbocycles. The zero-order valence-corrected chi connectivity index (χ0v) is 13.4. The van der Waals surface area contributed by atoms with Gasteiger partial charge >= 0.3 is 0 Å². The van der Waals surface area contributed by atoms with Crippen LogP contribution in [0.4, 0.5) is 0 Å². The van der Waals surface area contributed by atoms with Gasteiger partial charge in [-0.15, -0.1) is 0 Å². The van der Waals surface area contributed by atoms with Gasteiger partial charge in [-0.1, -0.05) is 54.6 Å². The van der Waals surface area contributed by atoms with Gasteiger partial charge in [-0.05, 0) is 16.7 Å². The Morgan fingerprint density at radius 1 is 1.08 bits per heavy atom. The molecule has 0 aromatic heterocycles. The maximum atomic E-state index is 12.0. The van der Waals surface area contributed by atoms with Crippen molar-refractivity contribution in [2.24, 2.45) is 5.73 Å². The van der Waals surface area contributed by atoms with Crippen LogP contribution in [-0.2, 0) is 16.1 Å². The first kappa shape index (κ1) is 16.2. The zero-order chi connectivity index (χ0) is 16.9. The number of carbonyl (C=O) groups excluding carboxylic acids is 2. The van der Waals surface area contributed by atoms with Crippen molar-refractivity contribution >= 4 is 11.8 Å². The molecular weight excluding hydrogens is 302 g/mol. The number of nitrogens with zero attached hydrogens (tertiary/aromatic N) is 1. The summed E-state index contributed by atoms with van der Waals surface area (Å²) in [6.07, 6.45) is 0.0495. The molecule has 0 aliphatic carbocycles. The number of amides is 2. The predicted octanol–water partition coefficient (Wildman–Crippen LogP) is 1.53.